The van der Waals surface area contributed by atoms with Gasteiger partial charge in [0.05, 0.1) is 28.8 Å². The molecule has 0 radical (unpaired) electrons. The topological polar surface area (TPSA) is 38.5 Å². The van der Waals surface area contributed by atoms with E-state index in [2.05, 4.69) is 10.1 Å². The second-order valence-electron chi connectivity index (χ2n) is 4.53. The van der Waals surface area contributed by atoms with Gasteiger partial charge in [0.2, 0.25) is 0 Å². The maximum absolute atomic E-state index is 6.28. The maximum Gasteiger partial charge on any atom is 0.178 e. The molecule has 0 spiro atoms. The highest BCUT2D eigenvalue weighted by Crippen LogP contribution is 2.24. The first-order chi connectivity index (χ1) is 9.08. The Morgan fingerprint density at radius 2 is 2.21 bits per heavy atom. The number of hydrogen-bond acceptors (Lipinski definition) is 2. The molecule has 0 bridgehead atoms. The lowest BCUT2D eigenvalue weighted by Gasteiger charge is -2.05. The molecule has 0 aliphatic carbocycles. The number of nitrogens with zero attached hydrogens (tertiary/aromatic N) is 3. The highest BCUT2D eigenvalue weighted by molar-refractivity contribution is 7.71. The first kappa shape index (κ1) is 12.4. The van der Waals surface area contributed by atoms with Crippen LogP contribution in [0.4, 0.5) is 0 Å². The molecule has 3 rings (SSSR count). The van der Waals surface area contributed by atoms with Crippen LogP contribution in [0.3, 0.4) is 0 Å². The van der Waals surface area contributed by atoms with Crippen LogP contribution in [-0.2, 0) is 13.6 Å². The second kappa shape index (κ2) is 4.51. The predicted octanol–water partition coefficient (Wildman–Crippen LogP) is 3.44. The summed E-state index contributed by atoms with van der Waals surface area (Å²) in [6.07, 6.45) is 1.87. The predicted molar refractivity (Wildman–Crippen MR) is 79.2 cm³/mol. The van der Waals surface area contributed by atoms with E-state index in [1.165, 1.54) is 0 Å². The number of halogens is 1. The average Bonchev–Trinajstić information content (AvgIpc) is 2.85. The summed E-state index contributed by atoms with van der Waals surface area (Å²) in [6, 6.07) is 5.76. The normalized spacial score (nSPS) is 11.3. The van der Waals surface area contributed by atoms with Gasteiger partial charge >= 0.3 is 0 Å². The van der Waals surface area contributed by atoms with Crippen molar-refractivity contribution in [2.24, 2.45) is 7.05 Å². The van der Waals surface area contributed by atoms with E-state index in [0.29, 0.717) is 16.3 Å². The number of rotatable bonds is 2. The summed E-state index contributed by atoms with van der Waals surface area (Å²) in [4.78, 5) is 3.18. The SMILES string of the molecule is Cc1c(Cn2c(=S)[nH]c3cccc(Cl)c32)cnn1C. The number of H-pyrrole nitrogens is 1. The van der Waals surface area contributed by atoms with Crippen LogP contribution in [0.15, 0.2) is 24.4 Å². The van der Waals surface area contributed by atoms with Crippen molar-refractivity contribution in [3.05, 3.63) is 45.4 Å². The molecule has 0 amide bonds. The molecule has 6 heteroatoms. The van der Waals surface area contributed by atoms with Gasteiger partial charge in [-0.2, -0.15) is 5.10 Å². The minimum atomic E-state index is 0.669. The number of imidazole rings is 1. The summed E-state index contributed by atoms with van der Waals surface area (Å²) < 4.78 is 4.54. The van der Waals surface area contributed by atoms with Crippen LogP contribution in [0, 0.1) is 11.7 Å². The van der Waals surface area contributed by atoms with Crippen molar-refractivity contribution in [2.45, 2.75) is 13.5 Å². The molecule has 0 saturated carbocycles. The van der Waals surface area contributed by atoms with Gasteiger partial charge in [-0.15, -0.1) is 0 Å². The molecule has 4 nitrogen and oxygen atoms in total. The lowest BCUT2D eigenvalue weighted by molar-refractivity contribution is 0.732. The van der Waals surface area contributed by atoms with E-state index in [4.69, 9.17) is 23.8 Å². The standard InChI is InChI=1S/C13H13ClN4S/c1-8-9(6-15-17(8)2)7-18-12-10(14)4-3-5-11(12)16-13(18)19/h3-6H,7H2,1-2H3,(H,16,19). The third-order valence-electron chi connectivity index (χ3n) is 3.41. The Bertz CT molecular complexity index is 812. The smallest absolute Gasteiger partial charge is 0.178 e. The minimum absolute atomic E-state index is 0.669. The minimum Gasteiger partial charge on any atom is -0.331 e. The number of benzene rings is 1. The van der Waals surface area contributed by atoms with Crippen LogP contribution in [0.5, 0.6) is 0 Å². The zero-order chi connectivity index (χ0) is 13.6. The van der Waals surface area contributed by atoms with Crippen LogP contribution < -0.4 is 0 Å². The van der Waals surface area contributed by atoms with Gasteiger partial charge in [-0.05, 0) is 31.3 Å². The zero-order valence-electron chi connectivity index (χ0n) is 10.6. The molecule has 2 heterocycles. The molecule has 1 aromatic carbocycles. The summed E-state index contributed by atoms with van der Waals surface area (Å²) in [5.41, 5.74) is 4.17. The van der Waals surface area contributed by atoms with Gasteiger partial charge in [0, 0.05) is 18.3 Å². The lowest BCUT2D eigenvalue weighted by Crippen LogP contribution is -2.02. The van der Waals surface area contributed by atoms with Crippen molar-refractivity contribution in [3.63, 3.8) is 0 Å². The third kappa shape index (κ3) is 1.99. The van der Waals surface area contributed by atoms with Crippen molar-refractivity contribution < 1.29 is 0 Å². The molecule has 0 aliphatic rings. The summed E-state index contributed by atoms with van der Waals surface area (Å²) in [5, 5.41) is 4.96. The fourth-order valence-electron chi connectivity index (χ4n) is 2.20. The molecule has 0 aliphatic heterocycles. The van der Waals surface area contributed by atoms with Crippen LogP contribution in [0.2, 0.25) is 5.02 Å². The van der Waals surface area contributed by atoms with E-state index in [-0.39, 0.29) is 0 Å². The largest absolute Gasteiger partial charge is 0.331 e. The molecule has 0 atom stereocenters. The van der Waals surface area contributed by atoms with Crippen LogP contribution in [0.1, 0.15) is 11.3 Å². The highest BCUT2D eigenvalue weighted by Gasteiger charge is 2.11. The summed E-state index contributed by atoms with van der Waals surface area (Å²) in [7, 11) is 1.93. The molecule has 1 N–H and O–H groups in total. The second-order valence-corrected chi connectivity index (χ2v) is 5.33. The van der Waals surface area contributed by atoms with Gasteiger partial charge < -0.3 is 9.55 Å². The molecule has 98 valence electrons. The Morgan fingerprint density at radius 1 is 1.42 bits per heavy atom. The Kier molecular flexibility index (Phi) is 2.95. The Balaban J connectivity index is 2.18. The number of para-hydroxylation sites is 1. The molecular formula is C13H13ClN4S. The molecule has 19 heavy (non-hydrogen) atoms. The Hall–Kier alpha value is -1.59. The van der Waals surface area contributed by atoms with E-state index in [0.717, 1.165) is 22.3 Å². The number of aromatic nitrogens is 4. The van der Waals surface area contributed by atoms with Crippen molar-refractivity contribution in [1.82, 2.24) is 19.3 Å². The van der Waals surface area contributed by atoms with Crippen LogP contribution in [0.25, 0.3) is 11.0 Å². The highest BCUT2D eigenvalue weighted by atomic mass is 35.5. The van der Waals surface area contributed by atoms with Crippen molar-refractivity contribution in [1.29, 1.82) is 0 Å². The van der Waals surface area contributed by atoms with Gasteiger partial charge in [-0.1, -0.05) is 17.7 Å². The number of nitrogens with one attached hydrogen (secondary N) is 1. The Morgan fingerprint density at radius 3 is 2.89 bits per heavy atom. The van der Waals surface area contributed by atoms with Crippen molar-refractivity contribution >= 4 is 34.9 Å². The van der Waals surface area contributed by atoms with Crippen molar-refractivity contribution in [2.75, 3.05) is 0 Å². The van der Waals surface area contributed by atoms with E-state index in [1.54, 1.807) is 0 Å². The molecule has 0 unspecified atom stereocenters. The number of hydrogen-bond donors (Lipinski definition) is 1. The van der Waals surface area contributed by atoms with Crippen LogP contribution in [-0.4, -0.2) is 19.3 Å². The van der Waals surface area contributed by atoms with Crippen LogP contribution >= 0.6 is 23.8 Å². The van der Waals surface area contributed by atoms with E-state index in [1.807, 2.05) is 47.6 Å². The summed E-state index contributed by atoms with van der Waals surface area (Å²) in [5.74, 6) is 0. The number of aromatic amines is 1. The first-order valence-electron chi connectivity index (χ1n) is 5.92. The Labute approximate surface area is 120 Å². The molecule has 0 fully saturated rings. The fraction of sp³-hybridized carbons (Fsp3) is 0.231. The summed E-state index contributed by atoms with van der Waals surface area (Å²) in [6.45, 7) is 2.71. The van der Waals surface area contributed by atoms with Gasteiger partial charge in [0.15, 0.2) is 4.77 Å². The average molecular weight is 293 g/mol. The van der Waals surface area contributed by atoms with Crippen molar-refractivity contribution in [3.8, 4) is 0 Å². The molecule has 3 aromatic rings. The van der Waals surface area contributed by atoms with Gasteiger partial charge in [0.25, 0.3) is 0 Å². The van der Waals surface area contributed by atoms with Gasteiger partial charge in [-0.3, -0.25) is 4.68 Å². The zero-order valence-corrected chi connectivity index (χ0v) is 12.2. The molecule has 2 aromatic heterocycles. The summed E-state index contributed by atoms with van der Waals surface area (Å²) >= 11 is 11.7. The molecule has 0 saturated heterocycles. The fourth-order valence-corrected chi connectivity index (χ4v) is 2.74. The van der Waals surface area contributed by atoms with Gasteiger partial charge in [0.1, 0.15) is 0 Å². The lowest BCUT2D eigenvalue weighted by atomic mass is 10.2. The monoisotopic (exact) mass is 292 g/mol. The molecular weight excluding hydrogens is 280 g/mol. The van der Waals surface area contributed by atoms with Gasteiger partial charge in [-0.25, -0.2) is 0 Å². The van der Waals surface area contributed by atoms with E-state index in [9.17, 15) is 0 Å². The maximum atomic E-state index is 6.28. The van der Waals surface area contributed by atoms with E-state index < -0.39 is 0 Å². The van der Waals surface area contributed by atoms with E-state index >= 15 is 0 Å². The number of aryl methyl sites for hydroxylation is 1. The first-order valence-corrected chi connectivity index (χ1v) is 6.71. The number of fused-ring (bicyclic) bond motifs is 1. The quantitative estimate of drug-likeness (QED) is 0.735. The third-order valence-corrected chi connectivity index (χ3v) is 4.04.